The zero-order valence-corrected chi connectivity index (χ0v) is 16.3. The third kappa shape index (κ3) is 4.19. The lowest BCUT2D eigenvalue weighted by molar-refractivity contribution is -0.116. The Morgan fingerprint density at radius 3 is 2.64 bits per heavy atom. The summed E-state index contributed by atoms with van der Waals surface area (Å²) in [6.07, 6.45) is 4.34. The van der Waals surface area contributed by atoms with Crippen LogP contribution in [0, 0.1) is 0 Å². The Labute approximate surface area is 166 Å². The minimum absolute atomic E-state index is 0.0179. The fraction of sp³-hybridized carbons (Fsp3) is 0.391. The lowest BCUT2D eigenvalue weighted by atomic mass is 9.98. The van der Waals surface area contributed by atoms with Gasteiger partial charge in [-0.05, 0) is 55.0 Å². The van der Waals surface area contributed by atoms with E-state index in [1.54, 1.807) is 0 Å². The molecule has 0 saturated heterocycles. The molecule has 28 heavy (non-hydrogen) atoms. The Balaban J connectivity index is 1.61. The molecule has 5 heteroatoms. The van der Waals surface area contributed by atoms with Crippen LogP contribution < -0.4 is 15.5 Å². The summed E-state index contributed by atoms with van der Waals surface area (Å²) in [6, 6.07) is 14.5. The van der Waals surface area contributed by atoms with E-state index in [1.165, 1.54) is 11.1 Å². The van der Waals surface area contributed by atoms with Crippen LogP contribution >= 0.6 is 0 Å². The molecule has 2 aromatic rings. The van der Waals surface area contributed by atoms with Crippen molar-refractivity contribution in [2.75, 3.05) is 16.8 Å². The van der Waals surface area contributed by atoms with Crippen molar-refractivity contribution in [1.29, 1.82) is 0 Å². The van der Waals surface area contributed by atoms with Gasteiger partial charge in [-0.3, -0.25) is 9.59 Å². The van der Waals surface area contributed by atoms with Crippen LogP contribution in [0.4, 0.5) is 11.4 Å². The Hall–Kier alpha value is -2.82. The molecule has 0 unspecified atom stereocenters. The predicted octanol–water partition coefficient (Wildman–Crippen LogP) is 3.88. The van der Waals surface area contributed by atoms with Gasteiger partial charge in [-0.25, -0.2) is 0 Å². The van der Waals surface area contributed by atoms with Gasteiger partial charge in [0.25, 0.3) is 5.91 Å². The van der Waals surface area contributed by atoms with Crippen molar-refractivity contribution in [3.8, 4) is 0 Å². The molecule has 2 aliphatic rings. The smallest absolute Gasteiger partial charge is 0.253 e. The minimum Gasteiger partial charge on any atom is -0.366 e. The molecule has 5 nitrogen and oxygen atoms in total. The second kappa shape index (κ2) is 8.05. The van der Waals surface area contributed by atoms with E-state index < -0.39 is 0 Å². The van der Waals surface area contributed by atoms with Gasteiger partial charge in [0.1, 0.15) is 0 Å². The number of carbonyl (C=O) groups excluding carboxylic acids is 2. The van der Waals surface area contributed by atoms with Crippen LogP contribution in [0.2, 0.25) is 0 Å². The van der Waals surface area contributed by atoms with E-state index in [-0.39, 0.29) is 11.8 Å². The molecule has 2 aromatic carbocycles. The number of benzene rings is 2. The molecule has 1 aliphatic carbocycles. The Morgan fingerprint density at radius 2 is 1.89 bits per heavy atom. The molecule has 1 heterocycles. The Morgan fingerprint density at radius 1 is 1.11 bits per heavy atom. The van der Waals surface area contributed by atoms with Crippen molar-refractivity contribution in [2.45, 2.75) is 51.6 Å². The van der Waals surface area contributed by atoms with Gasteiger partial charge in [-0.2, -0.15) is 0 Å². The van der Waals surface area contributed by atoms with E-state index in [0.29, 0.717) is 23.7 Å². The van der Waals surface area contributed by atoms with Gasteiger partial charge in [0.15, 0.2) is 0 Å². The molecule has 0 aromatic heterocycles. The summed E-state index contributed by atoms with van der Waals surface area (Å²) in [5, 5.41) is 6.01. The van der Waals surface area contributed by atoms with E-state index >= 15 is 0 Å². The van der Waals surface area contributed by atoms with Gasteiger partial charge >= 0.3 is 0 Å². The van der Waals surface area contributed by atoms with Crippen LogP contribution in [-0.2, 0) is 17.8 Å². The molecule has 2 amide bonds. The van der Waals surface area contributed by atoms with E-state index in [9.17, 15) is 9.59 Å². The van der Waals surface area contributed by atoms with Gasteiger partial charge in [0.2, 0.25) is 5.91 Å². The van der Waals surface area contributed by atoms with Gasteiger partial charge in [0.05, 0.1) is 5.56 Å². The maximum Gasteiger partial charge on any atom is 0.253 e. The largest absolute Gasteiger partial charge is 0.366 e. The number of hydrogen-bond donors (Lipinski definition) is 2. The lowest BCUT2D eigenvalue weighted by Crippen LogP contribution is -2.33. The third-order valence-electron chi connectivity index (χ3n) is 5.39. The van der Waals surface area contributed by atoms with Crippen molar-refractivity contribution in [3.05, 3.63) is 59.2 Å². The van der Waals surface area contributed by atoms with Crippen molar-refractivity contribution >= 4 is 23.2 Å². The number of amides is 2. The number of nitrogens with one attached hydrogen (secondary N) is 2. The van der Waals surface area contributed by atoms with Gasteiger partial charge in [-0.1, -0.05) is 31.2 Å². The molecular weight excluding hydrogens is 350 g/mol. The first-order valence-corrected chi connectivity index (χ1v) is 10.2. The highest BCUT2D eigenvalue weighted by Crippen LogP contribution is 2.30. The fourth-order valence-electron chi connectivity index (χ4n) is 3.71. The van der Waals surface area contributed by atoms with Crippen molar-refractivity contribution in [2.24, 2.45) is 0 Å². The zero-order valence-electron chi connectivity index (χ0n) is 16.3. The number of fused-ring (bicyclic) bond motifs is 1. The van der Waals surface area contributed by atoms with Crippen LogP contribution in [0.25, 0.3) is 0 Å². The molecular formula is C23H27N3O2. The number of carbonyl (C=O) groups is 2. The topological polar surface area (TPSA) is 61.4 Å². The number of nitrogens with zero attached hydrogens (tertiary/aromatic N) is 1. The molecule has 0 atom stereocenters. The Kier molecular flexibility index (Phi) is 5.33. The summed E-state index contributed by atoms with van der Waals surface area (Å²) >= 11 is 0. The molecule has 4 rings (SSSR count). The van der Waals surface area contributed by atoms with Gasteiger partial charge in [-0.15, -0.1) is 0 Å². The highest BCUT2D eigenvalue weighted by atomic mass is 16.2. The molecule has 2 N–H and O–H groups in total. The SMILES string of the molecule is CCCC(=O)Nc1ccc(N2CCc3ccccc3C2)c(C(=O)NC2CC2)c1. The summed E-state index contributed by atoms with van der Waals surface area (Å²) in [5.41, 5.74) is 4.94. The van der Waals surface area contributed by atoms with Gasteiger partial charge in [0, 0.05) is 36.9 Å². The second-order valence-electron chi connectivity index (χ2n) is 7.72. The number of anilines is 2. The molecule has 1 aliphatic heterocycles. The van der Waals surface area contributed by atoms with Crippen molar-refractivity contribution in [1.82, 2.24) is 5.32 Å². The fourth-order valence-corrected chi connectivity index (χ4v) is 3.71. The summed E-state index contributed by atoms with van der Waals surface area (Å²) in [7, 11) is 0. The first-order valence-electron chi connectivity index (χ1n) is 10.2. The van der Waals surface area contributed by atoms with E-state index in [1.807, 2.05) is 25.1 Å². The molecule has 0 bridgehead atoms. The molecule has 0 spiro atoms. The van der Waals surface area contributed by atoms with Crippen molar-refractivity contribution in [3.63, 3.8) is 0 Å². The standard InChI is InChI=1S/C23H27N3O2/c1-2-5-22(27)24-19-10-11-21(20(14-19)23(28)25-18-8-9-18)26-13-12-16-6-3-4-7-17(16)15-26/h3-4,6-7,10-11,14,18H,2,5,8-9,12-13,15H2,1H3,(H,24,27)(H,25,28). The molecule has 146 valence electrons. The summed E-state index contributed by atoms with van der Waals surface area (Å²) in [5.74, 6) is -0.0707. The van der Waals surface area contributed by atoms with Gasteiger partial charge < -0.3 is 15.5 Å². The summed E-state index contributed by atoms with van der Waals surface area (Å²) < 4.78 is 0. The third-order valence-corrected chi connectivity index (χ3v) is 5.39. The molecule has 0 radical (unpaired) electrons. The monoisotopic (exact) mass is 377 g/mol. The van der Waals surface area contributed by atoms with Crippen molar-refractivity contribution < 1.29 is 9.59 Å². The second-order valence-corrected chi connectivity index (χ2v) is 7.72. The van der Waals surface area contributed by atoms with E-state index in [0.717, 1.165) is 44.5 Å². The maximum atomic E-state index is 12.9. The average molecular weight is 377 g/mol. The summed E-state index contributed by atoms with van der Waals surface area (Å²) in [6.45, 7) is 3.65. The first-order chi connectivity index (χ1) is 13.6. The molecule has 1 saturated carbocycles. The predicted molar refractivity (Wildman–Crippen MR) is 112 cm³/mol. The first kappa shape index (κ1) is 18.5. The molecule has 1 fully saturated rings. The highest BCUT2D eigenvalue weighted by Gasteiger charge is 2.27. The number of hydrogen-bond acceptors (Lipinski definition) is 3. The lowest BCUT2D eigenvalue weighted by Gasteiger charge is -2.32. The van der Waals surface area contributed by atoms with Crippen LogP contribution in [0.15, 0.2) is 42.5 Å². The highest BCUT2D eigenvalue weighted by molar-refractivity contribution is 6.02. The maximum absolute atomic E-state index is 12.9. The summed E-state index contributed by atoms with van der Waals surface area (Å²) in [4.78, 5) is 27.2. The van der Waals surface area contributed by atoms with Crippen LogP contribution in [-0.4, -0.2) is 24.4 Å². The average Bonchev–Trinajstić information content (AvgIpc) is 3.51. The zero-order chi connectivity index (χ0) is 19.5. The van der Waals surface area contributed by atoms with Crippen LogP contribution in [0.5, 0.6) is 0 Å². The van der Waals surface area contributed by atoms with Crippen LogP contribution in [0.3, 0.4) is 0 Å². The number of rotatable bonds is 6. The quantitative estimate of drug-likeness (QED) is 0.803. The minimum atomic E-state index is -0.0528. The van der Waals surface area contributed by atoms with E-state index in [2.05, 4.69) is 39.8 Å². The van der Waals surface area contributed by atoms with Crippen LogP contribution in [0.1, 0.15) is 54.1 Å². The van der Waals surface area contributed by atoms with E-state index in [4.69, 9.17) is 0 Å². The Bertz CT molecular complexity index is 889. The normalized spacial score (nSPS) is 15.7.